The SMILES string of the molecule is Cc1ccc(-c2cccc3c2CCN3)c(F)c1F. The van der Waals surface area contributed by atoms with Crippen LogP contribution >= 0.6 is 0 Å². The van der Waals surface area contributed by atoms with Crippen LogP contribution < -0.4 is 5.32 Å². The number of hydrogen-bond acceptors (Lipinski definition) is 1. The highest BCUT2D eigenvalue weighted by Gasteiger charge is 2.19. The largest absolute Gasteiger partial charge is 0.384 e. The predicted molar refractivity (Wildman–Crippen MR) is 68.7 cm³/mol. The Kier molecular flexibility index (Phi) is 2.54. The second-order valence-electron chi connectivity index (χ2n) is 4.57. The van der Waals surface area contributed by atoms with Crippen LogP contribution in [0.3, 0.4) is 0 Å². The third-order valence-corrected chi connectivity index (χ3v) is 3.43. The van der Waals surface area contributed by atoms with Gasteiger partial charge in [-0.3, -0.25) is 0 Å². The zero-order valence-electron chi connectivity index (χ0n) is 10.1. The van der Waals surface area contributed by atoms with Gasteiger partial charge >= 0.3 is 0 Å². The van der Waals surface area contributed by atoms with E-state index in [0.29, 0.717) is 11.1 Å². The van der Waals surface area contributed by atoms with Crippen molar-refractivity contribution in [3.8, 4) is 11.1 Å². The first-order valence-corrected chi connectivity index (χ1v) is 5.99. The van der Waals surface area contributed by atoms with E-state index < -0.39 is 11.6 Å². The molecule has 0 saturated heterocycles. The maximum absolute atomic E-state index is 14.0. The highest BCUT2D eigenvalue weighted by molar-refractivity contribution is 5.76. The first-order chi connectivity index (χ1) is 8.68. The van der Waals surface area contributed by atoms with Crippen LogP contribution in [0, 0.1) is 18.6 Å². The summed E-state index contributed by atoms with van der Waals surface area (Å²) in [6, 6.07) is 8.95. The molecule has 0 spiro atoms. The second kappa shape index (κ2) is 4.09. The number of rotatable bonds is 1. The molecule has 2 aromatic carbocycles. The van der Waals surface area contributed by atoms with Gasteiger partial charge in [-0.2, -0.15) is 0 Å². The van der Waals surface area contributed by atoms with Crippen molar-refractivity contribution in [2.24, 2.45) is 0 Å². The first kappa shape index (κ1) is 11.2. The third-order valence-electron chi connectivity index (χ3n) is 3.43. The molecule has 0 atom stereocenters. The van der Waals surface area contributed by atoms with Crippen molar-refractivity contribution < 1.29 is 8.78 Å². The number of halogens is 2. The highest BCUT2D eigenvalue weighted by atomic mass is 19.2. The zero-order chi connectivity index (χ0) is 12.7. The van der Waals surface area contributed by atoms with E-state index in [4.69, 9.17) is 0 Å². The molecule has 0 aliphatic carbocycles. The molecule has 2 aromatic rings. The lowest BCUT2D eigenvalue weighted by Gasteiger charge is -2.10. The molecule has 0 radical (unpaired) electrons. The molecular weight excluding hydrogens is 232 g/mol. The molecule has 0 bridgehead atoms. The fraction of sp³-hybridized carbons (Fsp3) is 0.200. The Labute approximate surface area is 104 Å². The van der Waals surface area contributed by atoms with Gasteiger partial charge in [0.1, 0.15) is 0 Å². The average Bonchev–Trinajstić information content (AvgIpc) is 2.84. The maximum atomic E-state index is 14.0. The van der Waals surface area contributed by atoms with E-state index >= 15 is 0 Å². The van der Waals surface area contributed by atoms with Gasteiger partial charge in [-0.05, 0) is 36.1 Å². The Morgan fingerprint density at radius 1 is 1.00 bits per heavy atom. The molecule has 3 rings (SSSR count). The van der Waals surface area contributed by atoms with E-state index in [9.17, 15) is 8.78 Å². The Morgan fingerprint density at radius 2 is 1.83 bits per heavy atom. The molecule has 1 aliphatic rings. The van der Waals surface area contributed by atoms with Crippen molar-refractivity contribution in [3.63, 3.8) is 0 Å². The number of anilines is 1. The van der Waals surface area contributed by atoms with Gasteiger partial charge in [0.2, 0.25) is 0 Å². The lowest BCUT2D eigenvalue weighted by Crippen LogP contribution is -1.95. The minimum Gasteiger partial charge on any atom is -0.384 e. The first-order valence-electron chi connectivity index (χ1n) is 5.99. The van der Waals surface area contributed by atoms with Gasteiger partial charge in [0.25, 0.3) is 0 Å². The van der Waals surface area contributed by atoms with Crippen LogP contribution in [0.25, 0.3) is 11.1 Å². The molecule has 1 aliphatic heterocycles. The molecule has 0 unspecified atom stereocenters. The van der Waals surface area contributed by atoms with Gasteiger partial charge in [0.05, 0.1) is 0 Å². The molecule has 0 aromatic heterocycles. The van der Waals surface area contributed by atoms with Gasteiger partial charge in [0, 0.05) is 17.8 Å². The number of hydrogen-bond donors (Lipinski definition) is 1. The smallest absolute Gasteiger partial charge is 0.166 e. The standard InChI is InChI=1S/C15H13F2N/c1-9-5-6-12(15(17)14(9)16)10-3-2-4-13-11(10)7-8-18-13/h2-6,18H,7-8H2,1H3. The summed E-state index contributed by atoms with van der Waals surface area (Å²) >= 11 is 0. The van der Waals surface area contributed by atoms with Crippen LogP contribution in [0.15, 0.2) is 30.3 Å². The van der Waals surface area contributed by atoms with Gasteiger partial charge in [-0.1, -0.05) is 24.3 Å². The van der Waals surface area contributed by atoms with E-state index in [1.54, 1.807) is 19.1 Å². The second-order valence-corrected chi connectivity index (χ2v) is 4.57. The van der Waals surface area contributed by atoms with E-state index in [1.807, 2.05) is 18.2 Å². The predicted octanol–water partition coefficient (Wildman–Crippen LogP) is 3.91. The minimum atomic E-state index is -0.754. The summed E-state index contributed by atoms with van der Waals surface area (Å²) in [5.74, 6) is -1.51. The summed E-state index contributed by atoms with van der Waals surface area (Å²) < 4.78 is 27.7. The van der Waals surface area contributed by atoms with Crippen molar-refractivity contribution in [1.29, 1.82) is 0 Å². The van der Waals surface area contributed by atoms with Gasteiger partial charge in [-0.25, -0.2) is 8.78 Å². The molecule has 1 N–H and O–H groups in total. The van der Waals surface area contributed by atoms with Crippen LogP contribution in [0.1, 0.15) is 11.1 Å². The van der Waals surface area contributed by atoms with Gasteiger partial charge in [-0.15, -0.1) is 0 Å². The van der Waals surface area contributed by atoms with Crippen molar-refractivity contribution >= 4 is 5.69 Å². The summed E-state index contributed by atoms with van der Waals surface area (Å²) in [7, 11) is 0. The van der Waals surface area contributed by atoms with Crippen molar-refractivity contribution in [3.05, 3.63) is 53.1 Å². The highest BCUT2D eigenvalue weighted by Crippen LogP contribution is 2.35. The van der Waals surface area contributed by atoms with Crippen molar-refractivity contribution in [2.45, 2.75) is 13.3 Å². The Balaban J connectivity index is 2.23. The lowest BCUT2D eigenvalue weighted by molar-refractivity contribution is 0.505. The summed E-state index contributed by atoms with van der Waals surface area (Å²) in [4.78, 5) is 0. The van der Waals surface area contributed by atoms with Crippen molar-refractivity contribution in [1.82, 2.24) is 0 Å². The van der Waals surface area contributed by atoms with Crippen LogP contribution in [0.5, 0.6) is 0 Å². The quantitative estimate of drug-likeness (QED) is 0.803. The average molecular weight is 245 g/mol. The van der Waals surface area contributed by atoms with Crippen LogP contribution in [0.2, 0.25) is 0 Å². The van der Waals surface area contributed by atoms with Crippen molar-refractivity contribution in [2.75, 3.05) is 11.9 Å². The van der Waals surface area contributed by atoms with Gasteiger partial charge in [0.15, 0.2) is 11.6 Å². The van der Waals surface area contributed by atoms with Crippen LogP contribution in [-0.4, -0.2) is 6.54 Å². The molecule has 18 heavy (non-hydrogen) atoms. The zero-order valence-corrected chi connectivity index (χ0v) is 10.1. The monoisotopic (exact) mass is 245 g/mol. The summed E-state index contributed by atoms with van der Waals surface area (Å²) in [5, 5.41) is 3.24. The molecule has 1 nitrogen and oxygen atoms in total. The Bertz CT molecular complexity index is 620. The molecule has 0 amide bonds. The molecular formula is C15H13F2N. The lowest BCUT2D eigenvalue weighted by atomic mass is 9.96. The van der Waals surface area contributed by atoms with E-state index in [1.165, 1.54) is 0 Å². The third kappa shape index (κ3) is 1.58. The van der Waals surface area contributed by atoms with E-state index in [-0.39, 0.29) is 0 Å². The normalized spacial score (nSPS) is 13.3. The number of benzene rings is 2. The molecule has 92 valence electrons. The summed E-state index contributed by atoms with van der Waals surface area (Å²) in [6.45, 7) is 2.42. The topological polar surface area (TPSA) is 12.0 Å². The Morgan fingerprint density at radius 3 is 2.67 bits per heavy atom. The number of nitrogens with one attached hydrogen (secondary N) is 1. The molecule has 0 saturated carbocycles. The number of fused-ring (bicyclic) bond motifs is 1. The summed E-state index contributed by atoms with van der Waals surface area (Å²) in [6.07, 6.45) is 0.848. The molecule has 1 heterocycles. The summed E-state index contributed by atoms with van der Waals surface area (Å²) in [5.41, 5.74) is 3.56. The fourth-order valence-corrected chi connectivity index (χ4v) is 2.45. The fourth-order valence-electron chi connectivity index (χ4n) is 2.45. The van der Waals surface area contributed by atoms with E-state index in [0.717, 1.165) is 29.8 Å². The van der Waals surface area contributed by atoms with Crippen LogP contribution in [-0.2, 0) is 6.42 Å². The Hall–Kier alpha value is -1.90. The minimum absolute atomic E-state index is 0.335. The molecule has 0 fully saturated rings. The number of aryl methyl sites for hydroxylation is 1. The molecule has 3 heteroatoms. The maximum Gasteiger partial charge on any atom is 0.166 e. The van der Waals surface area contributed by atoms with E-state index in [2.05, 4.69) is 5.32 Å². The van der Waals surface area contributed by atoms with Gasteiger partial charge < -0.3 is 5.32 Å². The van der Waals surface area contributed by atoms with Crippen LogP contribution in [0.4, 0.5) is 14.5 Å².